The first kappa shape index (κ1) is 16.4. The van der Waals surface area contributed by atoms with Crippen molar-refractivity contribution in [3.05, 3.63) is 71.8 Å². The molecule has 0 saturated carbocycles. The summed E-state index contributed by atoms with van der Waals surface area (Å²) in [5, 5.41) is 19.3. The number of rotatable bonds is 4. The second-order valence-corrected chi connectivity index (χ2v) is 4.67. The molecule has 3 nitrogen and oxygen atoms in total. The summed E-state index contributed by atoms with van der Waals surface area (Å²) in [4.78, 5) is 0. The molecule has 108 valence electrons. The van der Waals surface area contributed by atoms with Gasteiger partial charge in [0.25, 0.3) is 0 Å². The molecule has 0 heterocycles. The van der Waals surface area contributed by atoms with Crippen LogP contribution < -0.4 is 5.32 Å². The molecular weight excluding hydrogens is 250 g/mol. The van der Waals surface area contributed by atoms with Gasteiger partial charge in [-0.3, -0.25) is 5.32 Å². The first-order valence-electron chi connectivity index (χ1n) is 6.78. The molecular formula is C17H23NO2. The lowest BCUT2D eigenvalue weighted by Gasteiger charge is -2.08. The second-order valence-electron chi connectivity index (χ2n) is 4.67. The van der Waals surface area contributed by atoms with E-state index >= 15 is 0 Å². The van der Waals surface area contributed by atoms with Gasteiger partial charge in [0.1, 0.15) is 12.5 Å². The first-order valence-corrected chi connectivity index (χ1v) is 6.78. The maximum atomic E-state index is 8.45. The van der Waals surface area contributed by atoms with Crippen molar-refractivity contribution < 1.29 is 10.2 Å². The maximum Gasteiger partial charge on any atom is 0.103 e. The van der Waals surface area contributed by atoms with Gasteiger partial charge in [0.2, 0.25) is 0 Å². The Hall–Kier alpha value is -1.68. The highest BCUT2D eigenvalue weighted by molar-refractivity contribution is 5.25. The predicted octanol–water partition coefficient (Wildman–Crippen LogP) is 2.53. The van der Waals surface area contributed by atoms with E-state index < -0.39 is 12.5 Å². The van der Waals surface area contributed by atoms with Gasteiger partial charge in [-0.2, -0.15) is 0 Å². The Labute approximate surface area is 120 Å². The van der Waals surface area contributed by atoms with E-state index in [1.807, 2.05) is 0 Å². The Bertz CT molecular complexity index is 411. The molecule has 3 N–H and O–H groups in total. The molecule has 0 aliphatic carbocycles. The van der Waals surface area contributed by atoms with Gasteiger partial charge in [-0.05, 0) is 31.4 Å². The van der Waals surface area contributed by atoms with Crippen molar-refractivity contribution in [1.29, 1.82) is 0 Å². The fourth-order valence-electron chi connectivity index (χ4n) is 1.78. The average Bonchev–Trinajstić information content (AvgIpc) is 2.40. The van der Waals surface area contributed by atoms with E-state index in [0.29, 0.717) is 0 Å². The molecule has 20 heavy (non-hydrogen) atoms. The van der Waals surface area contributed by atoms with Crippen molar-refractivity contribution in [3.8, 4) is 0 Å². The molecule has 3 heteroatoms. The third kappa shape index (κ3) is 7.69. The van der Waals surface area contributed by atoms with Crippen LogP contribution in [-0.2, 0) is 6.42 Å². The fourth-order valence-corrected chi connectivity index (χ4v) is 1.78. The second kappa shape index (κ2) is 9.26. The van der Waals surface area contributed by atoms with Crippen LogP contribution in [0.2, 0.25) is 0 Å². The topological polar surface area (TPSA) is 52.5 Å². The summed E-state index contributed by atoms with van der Waals surface area (Å²) in [7, 11) is 0. The molecule has 0 fully saturated rings. The summed E-state index contributed by atoms with van der Waals surface area (Å²) in [6, 6.07) is 21.1. The zero-order valence-electron chi connectivity index (χ0n) is 12.0. The molecule has 2 aromatic rings. The van der Waals surface area contributed by atoms with Crippen molar-refractivity contribution in [2.24, 2.45) is 0 Å². The van der Waals surface area contributed by atoms with Gasteiger partial charge in [0.15, 0.2) is 0 Å². The van der Waals surface area contributed by atoms with Crippen molar-refractivity contribution in [2.75, 3.05) is 0 Å². The molecule has 0 aromatic heterocycles. The zero-order valence-corrected chi connectivity index (χ0v) is 12.0. The minimum Gasteiger partial charge on any atom is -0.379 e. The molecule has 2 rings (SSSR count). The summed E-state index contributed by atoms with van der Waals surface area (Å²) in [6.07, 6.45) is -0.221. The van der Waals surface area contributed by atoms with Crippen LogP contribution in [0.4, 0.5) is 0 Å². The summed E-state index contributed by atoms with van der Waals surface area (Å²) < 4.78 is 0. The van der Waals surface area contributed by atoms with Crippen LogP contribution in [0, 0.1) is 0 Å². The molecule has 0 bridgehead atoms. The van der Waals surface area contributed by atoms with Gasteiger partial charge in [0, 0.05) is 0 Å². The molecule has 0 radical (unpaired) electrons. The van der Waals surface area contributed by atoms with E-state index in [2.05, 4.69) is 66.0 Å². The molecule has 0 saturated heterocycles. The first-order chi connectivity index (χ1) is 9.58. The number of benzene rings is 2. The normalized spacial score (nSPS) is 13.0. The van der Waals surface area contributed by atoms with E-state index in [1.54, 1.807) is 13.8 Å². The Morgan fingerprint density at radius 2 is 1.10 bits per heavy atom. The number of nitrogens with one attached hydrogen (secondary N) is 1. The minimum absolute atomic E-state index is 0.625. The summed E-state index contributed by atoms with van der Waals surface area (Å²) in [5.74, 6) is 0. The minimum atomic E-state index is -0.625. The Morgan fingerprint density at radius 3 is 1.35 bits per heavy atom. The van der Waals surface area contributed by atoms with Crippen molar-refractivity contribution in [1.82, 2.24) is 5.32 Å². The highest BCUT2D eigenvalue weighted by Gasteiger charge is 1.95. The van der Waals surface area contributed by atoms with Gasteiger partial charge in [0.05, 0.1) is 0 Å². The third-order valence-corrected chi connectivity index (χ3v) is 2.58. The predicted molar refractivity (Wildman–Crippen MR) is 82.2 cm³/mol. The molecule has 2 aromatic carbocycles. The Kier molecular flexibility index (Phi) is 7.58. The van der Waals surface area contributed by atoms with Crippen LogP contribution in [0.15, 0.2) is 60.7 Å². The van der Waals surface area contributed by atoms with Crippen LogP contribution in [0.25, 0.3) is 0 Å². The van der Waals surface area contributed by atoms with E-state index in [4.69, 9.17) is 10.2 Å². The third-order valence-electron chi connectivity index (χ3n) is 2.58. The highest BCUT2D eigenvalue weighted by atomic mass is 16.3. The highest BCUT2D eigenvalue weighted by Crippen LogP contribution is 2.07. The number of hydrogen-bond donors (Lipinski definition) is 3. The van der Waals surface area contributed by atoms with Gasteiger partial charge >= 0.3 is 0 Å². The van der Waals surface area contributed by atoms with Gasteiger partial charge in [-0.25, -0.2) is 0 Å². The van der Waals surface area contributed by atoms with Crippen LogP contribution >= 0.6 is 0 Å². The largest absolute Gasteiger partial charge is 0.379 e. The molecule has 0 aliphatic heterocycles. The maximum absolute atomic E-state index is 8.45. The average molecular weight is 273 g/mol. The SMILES string of the molecule is CC(O)NC(C)O.c1ccc(Cc2ccccc2)cc1. The van der Waals surface area contributed by atoms with E-state index in [0.717, 1.165) is 6.42 Å². The molecule has 0 spiro atoms. The Balaban J connectivity index is 0.000000246. The van der Waals surface area contributed by atoms with Crippen molar-refractivity contribution in [3.63, 3.8) is 0 Å². The van der Waals surface area contributed by atoms with Crippen LogP contribution in [0.5, 0.6) is 0 Å². The van der Waals surface area contributed by atoms with Crippen LogP contribution in [-0.4, -0.2) is 22.7 Å². The van der Waals surface area contributed by atoms with E-state index in [1.165, 1.54) is 11.1 Å². The smallest absolute Gasteiger partial charge is 0.103 e. The molecule has 0 aliphatic rings. The van der Waals surface area contributed by atoms with E-state index in [-0.39, 0.29) is 0 Å². The zero-order chi connectivity index (χ0) is 14.8. The molecule has 0 amide bonds. The van der Waals surface area contributed by atoms with Crippen LogP contribution in [0.1, 0.15) is 25.0 Å². The van der Waals surface area contributed by atoms with Crippen molar-refractivity contribution >= 4 is 0 Å². The number of aliphatic hydroxyl groups is 2. The molecule has 2 atom stereocenters. The van der Waals surface area contributed by atoms with Gasteiger partial charge < -0.3 is 10.2 Å². The number of aliphatic hydroxyl groups excluding tert-OH is 2. The van der Waals surface area contributed by atoms with Gasteiger partial charge in [-0.1, -0.05) is 60.7 Å². The lowest BCUT2D eigenvalue weighted by atomic mass is 10.1. The summed E-state index contributed by atoms with van der Waals surface area (Å²) >= 11 is 0. The van der Waals surface area contributed by atoms with E-state index in [9.17, 15) is 0 Å². The quantitative estimate of drug-likeness (QED) is 0.750. The van der Waals surface area contributed by atoms with Gasteiger partial charge in [-0.15, -0.1) is 0 Å². The summed E-state index contributed by atoms with van der Waals surface area (Å²) in [6.45, 7) is 3.10. The summed E-state index contributed by atoms with van der Waals surface area (Å²) in [5.41, 5.74) is 2.74. The monoisotopic (exact) mass is 273 g/mol. The Morgan fingerprint density at radius 1 is 0.750 bits per heavy atom. The van der Waals surface area contributed by atoms with Crippen LogP contribution in [0.3, 0.4) is 0 Å². The lowest BCUT2D eigenvalue weighted by molar-refractivity contribution is 0.0632. The number of hydrogen-bond acceptors (Lipinski definition) is 3. The molecule has 2 unspecified atom stereocenters. The standard InChI is InChI=1S/C13H12.C4H11NO2/c1-3-7-12(8-4-1)11-13-9-5-2-6-10-13;1-3(6)5-4(2)7/h1-10H,11H2;3-7H,1-2H3. The fraction of sp³-hybridized carbons (Fsp3) is 0.294. The van der Waals surface area contributed by atoms with Crippen molar-refractivity contribution in [2.45, 2.75) is 32.7 Å². The lowest BCUT2D eigenvalue weighted by Crippen LogP contribution is -2.33.